The van der Waals surface area contributed by atoms with Gasteiger partial charge in [-0.25, -0.2) is 0 Å². The van der Waals surface area contributed by atoms with Crippen LogP contribution in [0.5, 0.6) is 0 Å². The van der Waals surface area contributed by atoms with Crippen LogP contribution in [0, 0.1) is 5.92 Å². The molecule has 3 nitrogen and oxygen atoms in total. The van der Waals surface area contributed by atoms with E-state index in [1.54, 1.807) is 0 Å². The Labute approximate surface area is 92.1 Å². The number of nitrogens with two attached hydrogens (primary N) is 1. The molecule has 0 bridgehead atoms. The van der Waals surface area contributed by atoms with E-state index in [0.29, 0.717) is 5.92 Å². The van der Waals surface area contributed by atoms with Gasteiger partial charge in [-0.3, -0.25) is 4.98 Å². The Hall–Kier alpha value is -0.930. The van der Waals surface area contributed by atoms with E-state index in [1.807, 2.05) is 12.4 Å². The van der Waals surface area contributed by atoms with Gasteiger partial charge in [-0.05, 0) is 56.1 Å². The average Bonchev–Trinajstić information content (AvgIpc) is 2.26. The lowest BCUT2D eigenvalue weighted by atomic mass is 10.1. The van der Waals surface area contributed by atoms with E-state index in [2.05, 4.69) is 29.4 Å². The van der Waals surface area contributed by atoms with Crippen LogP contribution in [0.4, 0.5) is 0 Å². The monoisotopic (exact) mass is 207 g/mol. The molecule has 1 heterocycles. The number of aromatic nitrogens is 1. The summed E-state index contributed by atoms with van der Waals surface area (Å²) in [5.41, 5.74) is 6.83. The summed E-state index contributed by atoms with van der Waals surface area (Å²) >= 11 is 0. The van der Waals surface area contributed by atoms with Crippen molar-refractivity contribution in [2.24, 2.45) is 11.7 Å². The molecule has 0 saturated heterocycles. The van der Waals surface area contributed by atoms with Gasteiger partial charge in [0.15, 0.2) is 0 Å². The average molecular weight is 207 g/mol. The van der Waals surface area contributed by atoms with Crippen LogP contribution in [0.2, 0.25) is 0 Å². The van der Waals surface area contributed by atoms with Crippen molar-refractivity contribution in [2.75, 3.05) is 19.6 Å². The third kappa shape index (κ3) is 5.50. The first-order valence-corrected chi connectivity index (χ1v) is 5.62. The van der Waals surface area contributed by atoms with Crippen molar-refractivity contribution in [3.8, 4) is 0 Å². The van der Waals surface area contributed by atoms with Crippen LogP contribution in [0.1, 0.15) is 18.9 Å². The Morgan fingerprint density at radius 2 is 2.13 bits per heavy atom. The van der Waals surface area contributed by atoms with Crippen molar-refractivity contribution >= 4 is 0 Å². The van der Waals surface area contributed by atoms with Crippen molar-refractivity contribution in [1.29, 1.82) is 0 Å². The van der Waals surface area contributed by atoms with E-state index < -0.39 is 0 Å². The van der Waals surface area contributed by atoms with Gasteiger partial charge in [0.1, 0.15) is 0 Å². The van der Waals surface area contributed by atoms with Crippen molar-refractivity contribution in [2.45, 2.75) is 19.8 Å². The molecule has 1 rings (SSSR count). The van der Waals surface area contributed by atoms with Crippen molar-refractivity contribution in [3.63, 3.8) is 0 Å². The largest absolute Gasteiger partial charge is 0.330 e. The predicted molar refractivity (Wildman–Crippen MR) is 63.6 cm³/mol. The van der Waals surface area contributed by atoms with Gasteiger partial charge in [-0.1, -0.05) is 6.92 Å². The summed E-state index contributed by atoms with van der Waals surface area (Å²) in [6.07, 6.45) is 5.85. The normalized spacial score (nSPS) is 12.7. The Morgan fingerprint density at radius 1 is 1.40 bits per heavy atom. The molecule has 1 aromatic rings. The molecular weight excluding hydrogens is 186 g/mol. The fraction of sp³-hybridized carbons (Fsp3) is 0.583. The van der Waals surface area contributed by atoms with Crippen LogP contribution in [-0.2, 0) is 6.42 Å². The van der Waals surface area contributed by atoms with Gasteiger partial charge in [0.25, 0.3) is 0 Å². The second kappa shape index (κ2) is 7.37. The molecule has 1 unspecified atom stereocenters. The van der Waals surface area contributed by atoms with Crippen LogP contribution >= 0.6 is 0 Å². The molecule has 0 aromatic carbocycles. The van der Waals surface area contributed by atoms with Crippen molar-refractivity contribution in [1.82, 2.24) is 10.3 Å². The molecule has 3 N–H and O–H groups in total. The van der Waals surface area contributed by atoms with Gasteiger partial charge in [0.2, 0.25) is 0 Å². The lowest BCUT2D eigenvalue weighted by Crippen LogP contribution is -2.24. The third-order valence-corrected chi connectivity index (χ3v) is 2.49. The van der Waals surface area contributed by atoms with Crippen molar-refractivity contribution in [3.05, 3.63) is 30.1 Å². The van der Waals surface area contributed by atoms with Crippen LogP contribution in [0.25, 0.3) is 0 Å². The van der Waals surface area contributed by atoms with Gasteiger partial charge in [0, 0.05) is 12.4 Å². The molecule has 3 heteroatoms. The van der Waals surface area contributed by atoms with E-state index in [1.165, 1.54) is 5.56 Å². The lowest BCUT2D eigenvalue weighted by molar-refractivity contribution is 0.489. The van der Waals surface area contributed by atoms with E-state index in [-0.39, 0.29) is 0 Å². The number of hydrogen-bond acceptors (Lipinski definition) is 3. The molecule has 15 heavy (non-hydrogen) atoms. The smallest absolute Gasteiger partial charge is 0.0270 e. The molecule has 0 aliphatic rings. The summed E-state index contributed by atoms with van der Waals surface area (Å²) < 4.78 is 0. The Balaban J connectivity index is 2.07. The summed E-state index contributed by atoms with van der Waals surface area (Å²) in [6.45, 7) is 5.10. The lowest BCUT2D eigenvalue weighted by Gasteiger charge is -2.10. The zero-order chi connectivity index (χ0) is 10.9. The molecule has 0 fully saturated rings. The second-order valence-corrected chi connectivity index (χ2v) is 3.99. The Bertz CT molecular complexity index is 248. The Kier molecular flexibility index (Phi) is 5.97. The van der Waals surface area contributed by atoms with Crippen LogP contribution in [-0.4, -0.2) is 24.6 Å². The highest BCUT2D eigenvalue weighted by Gasteiger charge is 1.99. The molecule has 0 aliphatic heterocycles. The van der Waals surface area contributed by atoms with Gasteiger partial charge >= 0.3 is 0 Å². The minimum atomic E-state index is 0.674. The van der Waals surface area contributed by atoms with E-state index in [0.717, 1.165) is 32.5 Å². The first kappa shape index (κ1) is 12.1. The third-order valence-electron chi connectivity index (χ3n) is 2.49. The molecular formula is C12H21N3. The summed E-state index contributed by atoms with van der Waals surface area (Å²) in [7, 11) is 0. The number of rotatable bonds is 7. The highest BCUT2D eigenvalue weighted by atomic mass is 14.8. The zero-order valence-corrected chi connectivity index (χ0v) is 9.45. The number of pyridine rings is 1. The zero-order valence-electron chi connectivity index (χ0n) is 9.45. The first-order chi connectivity index (χ1) is 7.33. The highest BCUT2D eigenvalue weighted by molar-refractivity contribution is 5.09. The molecule has 0 saturated carbocycles. The summed E-state index contributed by atoms with van der Waals surface area (Å²) in [5, 5.41) is 3.44. The highest BCUT2D eigenvalue weighted by Crippen LogP contribution is 1.98. The fourth-order valence-corrected chi connectivity index (χ4v) is 1.52. The number of hydrogen-bond donors (Lipinski definition) is 2. The standard InChI is InChI=1S/C12H21N3/c1-11(2-6-13)10-15-9-5-12-3-7-14-8-4-12/h3-4,7-8,11,15H,2,5-6,9-10,13H2,1H3. The number of nitrogens with zero attached hydrogens (tertiary/aromatic N) is 1. The quantitative estimate of drug-likeness (QED) is 0.661. The predicted octanol–water partition coefficient (Wildman–Crippen LogP) is 1.20. The first-order valence-electron chi connectivity index (χ1n) is 5.62. The summed E-state index contributed by atoms with van der Waals surface area (Å²) in [5.74, 6) is 0.674. The second-order valence-electron chi connectivity index (χ2n) is 3.99. The van der Waals surface area contributed by atoms with Crippen LogP contribution in [0.15, 0.2) is 24.5 Å². The van der Waals surface area contributed by atoms with Crippen LogP contribution in [0.3, 0.4) is 0 Å². The van der Waals surface area contributed by atoms with E-state index >= 15 is 0 Å². The topological polar surface area (TPSA) is 50.9 Å². The molecule has 84 valence electrons. The minimum absolute atomic E-state index is 0.674. The van der Waals surface area contributed by atoms with Crippen LogP contribution < -0.4 is 11.1 Å². The van der Waals surface area contributed by atoms with Crippen molar-refractivity contribution < 1.29 is 0 Å². The SMILES string of the molecule is CC(CCN)CNCCc1ccncc1. The Morgan fingerprint density at radius 3 is 2.80 bits per heavy atom. The minimum Gasteiger partial charge on any atom is -0.330 e. The molecule has 1 aromatic heterocycles. The maximum Gasteiger partial charge on any atom is 0.0270 e. The van der Waals surface area contributed by atoms with Gasteiger partial charge in [-0.2, -0.15) is 0 Å². The molecule has 0 radical (unpaired) electrons. The summed E-state index contributed by atoms with van der Waals surface area (Å²) in [6, 6.07) is 4.12. The van der Waals surface area contributed by atoms with Gasteiger partial charge in [0.05, 0.1) is 0 Å². The van der Waals surface area contributed by atoms with E-state index in [9.17, 15) is 0 Å². The molecule has 0 aliphatic carbocycles. The maximum atomic E-state index is 5.49. The van der Waals surface area contributed by atoms with Gasteiger partial charge < -0.3 is 11.1 Å². The number of nitrogens with one attached hydrogen (secondary N) is 1. The van der Waals surface area contributed by atoms with Gasteiger partial charge in [-0.15, -0.1) is 0 Å². The fourth-order valence-electron chi connectivity index (χ4n) is 1.52. The molecule has 1 atom stereocenters. The molecule has 0 amide bonds. The van der Waals surface area contributed by atoms with E-state index in [4.69, 9.17) is 5.73 Å². The summed E-state index contributed by atoms with van der Waals surface area (Å²) in [4.78, 5) is 3.99. The maximum absolute atomic E-state index is 5.49. The molecule has 0 spiro atoms.